The minimum atomic E-state index is -3.73. The van der Waals surface area contributed by atoms with Crippen LogP contribution in [0.25, 0.3) is 0 Å². The first-order valence-corrected chi connectivity index (χ1v) is 7.12. The van der Waals surface area contributed by atoms with Gasteiger partial charge in [0.25, 0.3) is 0 Å². The van der Waals surface area contributed by atoms with Crippen LogP contribution in [0.3, 0.4) is 0 Å². The molecule has 2 N–H and O–H groups in total. The fraction of sp³-hybridized carbons (Fsp3) is 0.400. The molecule has 7 heteroatoms. The van der Waals surface area contributed by atoms with Crippen molar-refractivity contribution in [3.8, 4) is 0 Å². The molecule has 96 valence electrons. The lowest BCUT2D eigenvalue weighted by Crippen LogP contribution is -2.30. The third-order valence-electron chi connectivity index (χ3n) is 2.14. The van der Waals surface area contributed by atoms with Crippen LogP contribution < -0.4 is 4.72 Å². The summed E-state index contributed by atoms with van der Waals surface area (Å²) in [7, 11) is -3.73. The van der Waals surface area contributed by atoms with Crippen molar-refractivity contribution in [1.82, 2.24) is 4.72 Å². The zero-order valence-corrected chi connectivity index (χ0v) is 11.7. The summed E-state index contributed by atoms with van der Waals surface area (Å²) in [4.78, 5) is -0.0401. The van der Waals surface area contributed by atoms with Crippen molar-refractivity contribution in [2.75, 3.05) is 6.54 Å². The van der Waals surface area contributed by atoms with Crippen molar-refractivity contribution in [2.45, 2.75) is 24.8 Å². The molecular weight excluding hydrogens is 285 g/mol. The molecule has 0 radical (unpaired) electrons. The van der Waals surface area contributed by atoms with E-state index < -0.39 is 16.1 Å². The van der Waals surface area contributed by atoms with Crippen molar-refractivity contribution in [1.29, 1.82) is 0 Å². The summed E-state index contributed by atoms with van der Waals surface area (Å²) < 4.78 is 26.0. The lowest BCUT2D eigenvalue weighted by molar-refractivity contribution is 0.198. The molecule has 1 atom stereocenters. The van der Waals surface area contributed by atoms with E-state index in [0.717, 1.165) is 0 Å². The molecule has 1 aromatic carbocycles. The molecule has 0 saturated heterocycles. The number of aliphatic hydroxyl groups excluding tert-OH is 1. The molecule has 0 aliphatic heterocycles. The Morgan fingerprint density at radius 1 is 1.41 bits per heavy atom. The predicted octanol–water partition coefficient (Wildman–Crippen LogP) is 1.96. The summed E-state index contributed by atoms with van der Waals surface area (Å²) in [6.45, 7) is 3.05. The second-order valence-electron chi connectivity index (χ2n) is 3.69. The smallest absolute Gasteiger partial charge is 0.242 e. The molecule has 4 nitrogen and oxygen atoms in total. The van der Waals surface area contributed by atoms with E-state index in [-0.39, 0.29) is 16.5 Å². The lowest BCUT2D eigenvalue weighted by Gasteiger charge is -2.11. The van der Waals surface area contributed by atoms with Gasteiger partial charge in [0.15, 0.2) is 0 Å². The van der Waals surface area contributed by atoms with Crippen LogP contribution >= 0.6 is 23.2 Å². The van der Waals surface area contributed by atoms with E-state index in [2.05, 4.69) is 4.72 Å². The van der Waals surface area contributed by atoms with Crippen molar-refractivity contribution < 1.29 is 13.5 Å². The Morgan fingerprint density at radius 2 is 2.00 bits per heavy atom. The van der Waals surface area contributed by atoms with Gasteiger partial charge in [-0.3, -0.25) is 0 Å². The summed E-state index contributed by atoms with van der Waals surface area (Å²) in [6, 6.07) is 2.81. The van der Waals surface area contributed by atoms with Gasteiger partial charge in [0.2, 0.25) is 10.0 Å². The Morgan fingerprint density at radius 3 is 2.53 bits per heavy atom. The van der Waals surface area contributed by atoms with Crippen LogP contribution in [-0.2, 0) is 10.0 Å². The molecule has 0 fully saturated rings. The molecule has 1 rings (SSSR count). The Labute approximate surface area is 111 Å². The number of halogens is 2. The highest BCUT2D eigenvalue weighted by Gasteiger charge is 2.20. The van der Waals surface area contributed by atoms with Crippen LogP contribution in [-0.4, -0.2) is 26.2 Å². The number of rotatable bonds is 4. The van der Waals surface area contributed by atoms with Crippen LogP contribution in [0.5, 0.6) is 0 Å². The minimum Gasteiger partial charge on any atom is -0.392 e. The zero-order valence-electron chi connectivity index (χ0n) is 9.37. The minimum absolute atomic E-state index is 0.0401. The first-order chi connectivity index (χ1) is 7.75. The zero-order chi connectivity index (χ0) is 13.2. The molecule has 0 amide bonds. The summed E-state index contributed by atoms with van der Waals surface area (Å²) in [5, 5.41) is 9.55. The number of hydrogen-bond acceptors (Lipinski definition) is 3. The van der Waals surface area contributed by atoms with Crippen molar-refractivity contribution in [3.63, 3.8) is 0 Å². The largest absolute Gasteiger partial charge is 0.392 e. The Balaban J connectivity index is 3.12. The quantitative estimate of drug-likeness (QED) is 0.893. The molecular formula is C10H13Cl2NO3S. The van der Waals surface area contributed by atoms with E-state index in [1.807, 2.05) is 0 Å². The van der Waals surface area contributed by atoms with Gasteiger partial charge >= 0.3 is 0 Å². The first-order valence-electron chi connectivity index (χ1n) is 4.88. The van der Waals surface area contributed by atoms with Crippen LogP contribution in [0.4, 0.5) is 0 Å². The highest BCUT2D eigenvalue weighted by molar-refractivity contribution is 7.89. The van der Waals surface area contributed by atoms with Crippen LogP contribution in [0, 0.1) is 6.92 Å². The van der Waals surface area contributed by atoms with Crippen LogP contribution in [0.1, 0.15) is 12.5 Å². The molecule has 0 aliphatic carbocycles. The highest BCUT2D eigenvalue weighted by atomic mass is 35.5. The SMILES string of the molecule is Cc1c(Cl)ccc(S(=O)(=O)NC[C@@H](C)O)c1Cl. The normalized spacial score (nSPS) is 13.7. The third-order valence-corrected chi connectivity index (χ3v) is 4.62. The Hall–Kier alpha value is -0.330. The van der Waals surface area contributed by atoms with Gasteiger partial charge in [0.1, 0.15) is 4.90 Å². The van der Waals surface area contributed by atoms with E-state index in [4.69, 9.17) is 28.3 Å². The predicted molar refractivity (Wildman–Crippen MR) is 68.1 cm³/mol. The van der Waals surface area contributed by atoms with E-state index >= 15 is 0 Å². The molecule has 0 aliphatic rings. The summed E-state index contributed by atoms with van der Waals surface area (Å²) >= 11 is 11.8. The van der Waals surface area contributed by atoms with Gasteiger partial charge in [0, 0.05) is 11.6 Å². The topological polar surface area (TPSA) is 66.4 Å². The molecule has 0 saturated carbocycles. The molecule has 0 spiro atoms. The summed E-state index contributed by atoms with van der Waals surface area (Å²) in [5.74, 6) is 0. The van der Waals surface area contributed by atoms with Gasteiger partial charge in [-0.25, -0.2) is 13.1 Å². The van der Waals surface area contributed by atoms with E-state index in [9.17, 15) is 8.42 Å². The Kier molecular flexibility index (Phi) is 4.80. The molecule has 0 aromatic heterocycles. The van der Waals surface area contributed by atoms with Crippen molar-refractivity contribution in [2.24, 2.45) is 0 Å². The Bertz CT molecular complexity index is 515. The van der Waals surface area contributed by atoms with Gasteiger partial charge in [-0.05, 0) is 31.5 Å². The van der Waals surface area contributed by atoms with Gasteiger partial charge in [0.05, 0.1) is 11.1 Å². The highest BCUT2D eigenvalue weighted by Crippen LogP contribution is 2.29. The number of hydrogen-bond donors (Lipinski definition) is 2. The summed E-state index contributed by atoms with van der Waals surface area (Å²) in [6.07, 6.45) is -0.767. The maximum atomic E-state index is 11.9. The number of nitrogens with one attached hydrogen (secondary N) is 1. The lowest BCUT2D eigenvalue weighted by atomic mass is 10.2. The first kappa shape index (κ1) is 14.7. The molecule has 1 aromatic rings. The summed E-state index contributed by atoms with van der Waals surface area (Å²) in [5.41, 5.74) is 0.508. The standard InChI is InChI=1S/C10H13Cl2NO3S/c1-6(14)5-13-17(15,16)9-4-3-8(11)7(2)10(9)12/h3-4,6,13-14H,5H2,1-2H3/t6-/m1/s1. The molecule has 0 unspecified atom stereocenters. The van der Waals surface area contributed by atoms with Crippen molar-refractivity contribution in [3.05, 3.63) is 27.7 Å². The average molecular weight is 298 g/mol. The van der Waals surface area contributed by atoms with E-state index in [1.165, 1.54) is 19.1 Å². The monoisotopic (exact) mass is 297 g/mol. The maximum absolute atomic E-state index is 11.9. The molecule has 0 heterocycles. The van der Waals surface area contributed by atoms with Gasteiger partial charge < -0.3 is 5.11 Å². The fourth-order valence-corrected chi connectivity index (χ4v) is 3.08. The van der Waals surface area contributed by atoms with Gasteiger partial charge in [-0.1, -0.05) is 23.2 Å². The van der Waals surface area contributed by atoms with E-state index in [1.54, 1.807) is 6.92 Å². The van der Waals surface area contributed by atoms with E-state index in [0.29, 0.717) is 10.6 Å². The number of sulfonamides is 1. The van der Waals surface area contributed by atoms with Crippen LogP contribution in [0.2, 0.25) is 10.0 Å². The second kappa shape index (κ2) is 5.54. The fourth-order valence-electron chi connectivity index (χ4n) is 1.15. The van der Waals surface area contributed by atoms with Crippen LogP contribution in [0.15, 0.2) is 17.0 Å². The molecule has 0 bridgehead atoms. The number of aliphatic hydroxyl groups is 1. The van der Waals surface area contributed by atoms with Gasteiger partial charge in [-0.2, -0.15) is 0 Å². The third kappa shape index (κ3) is 3.56. The molecule has 17 heavy (non-hydrogen) atoms. The number of benzene rings is 1. The van der Waals surface area contributed by atoms with Gasteiger partial charge in [-0.15, -0.1) is 0 Å². The second-order valence-corrected chi connectivity index (χ2v) is 6.21. The average Bonchev–Trinajstić information content (AvgIpc) is 2.23. The maximum Gasteiger partial charge on any atom is 0.242 e. The van der Waals surface area contributed by atoms with Crippen molar-refractivity contribution >= 4 is 33.2 Å².